The molecule has 2 saturated heterocycles. The topological polar surface area (TPSA) is 113 Å². The number of ether oxygens (including phenoxy) is 1. The quantitative estimate of drug-likeness (QED) is 0.551. The minimum absolute atomic E-state index is 0.0269. The lowest BCUT2D eigenvalue weighted by Crippen LogP contribution is -2.45. The van der Waals surface area contributed by atoms with Crippen LogP contribution in [0.3, 0.4) is 0 Å². The fraction of sp³-hybridized carbons (Fsp3) is 0.458. The first-order valence-corrected chi connectivity index (χ1v) is 14.7. The van der Waals surface area contributed by atoms with Gasteiger partial charge in [-0.2, -0.15) is 8.61 Å². The van der Waals surface area contributed by atoms with Gasteiger partial charge < -0.3 is 10.1 Å². The zero-order valence-electron chi connectivity index (χ0n) is 20.0. The largest absolute Gasteiger partial charge is 0.495 e. The average Bonchev–Trinajstić information content (AvgIpc) is 3.44. The van der Waals surface area contributed by atoms with Gasteiger partial charge in [0.15, 0.2) is 0 Å². The lowest BCUT2D eigenvalue weighted by Gasteiger charge is -2.31. The average molecular weight is 540 g/mol. The van der Waals surface area contributed by atoms with Crippen molar-refractivity contribution in [2.45, 2.75) is 42.0 Å². The fourth-order valence-corrected chi connectivity index (χ4v) is 7.76. The van der Waals surface area contributed by atoms with Gasteiger partial charge in [0.1, 0.15) is 16.5 Å². The number of methoxy groups -OCH3 is 1. The summed E-state index contributed by atoms with van der Waals surface area (Å²) in [6.45, 7) is 1.43. The number of carbonyl (C=O) groups is 1. The van der Waals surface area contributed by atoms with Crippen molar-refractivity contribution >= 4 is 26.0 Å². The number of sulfonamides is 2. The van der Waals surface area contributed by atoms with Crippen LogP contribution in [0.25, 0.3) is 0 Å². The molecule has 2 heterocycles. The van der Waals surface area contributed by atoms with Gasteiger partial charge >= 0.3 is 0 Å². The molecule has 0 bridgehead atoms. The third-order valence-corrected chi connectivity index (χ3v) is 10.4. The van der Waals surface area contributed by atoms with Crippen LogP contribution in [0.2, 0.25) is 0 Å². The summed E-state index contributed by atoms with van der Waals surface area (Å²) in [6.07, 6.45) is 2.72. The van der Waals surface area contributed by atoms with Gasteiger partial charge in [0, 0.05) is 32.7 Å². The highest BCUT2D eigenvalue weighted by Gasteiger charge is 2.35. The van der Waals surface area contributed by atoms with Gasteiger partial charge in [-0.25, -0.2) is 21.2 Å². The van der Waals surface area contributed by atoms with Crippen molar-refractivity contribution in [3.8, 4) is 5.75 Å². The zero-order chi connectivity index (χ0) is 25.9. The van der Waals surface area contributed by atoms with E-state index in [-0.39, 0.29) is 41.1 Å². The second-order valence-electron chi connectivity index (χ2n) is 8.97. The van der Waals surface area contributed by atoms with Crippen molar-refractivity contribution in [2.75, 3.05) is 33.3 Å². The zero-order valence-corrected chi connectivity index (χ0v) is 21.7. The number of rotatable bonds is 8. The van der Waals surface area contributed by atoms with Crippen molar-refractivity contribution in [1.29, 1.82) is 0 Å². The summed E-state index contributed by atoms with van der Waals surface area (Å²) in [5.41, 5.74) is 0.730. The monoisotopic (exact) mass is 539 g/mol. The molecule has 0 unspecified atom stereocenters. The predicted octanol–water partition coefficient (Wildman–Crippen LogP) is 2.34. The number of hydrogen-bond donors (Lipinski definition) is 1. The Morgan fingerprint density at radius 2 is 1.64 bits per heavy atom. The van der Waals surface area contributed by atoms with Crippen LogP contribution in [-0.4, -0.2) is 64.6 Å². The number of hydrogen-bond acceptors (Lipinski definition) is 6. The summed E-state index contributed by atoms with van der Waals surface area (Å²) in [4.78, 5) is 12.8. The van der Waals surface area contributed by atoms with Crippen LogP contribution >= 0.6 is 0 Å². The van der Waals surface area contributed by atoms with E-state index in [4.69, 9.17) is 4.74 Å². The number of benzene rings is 2. The Morgan fingerprint density at radius 3 is 2.31 bits per heavy atom. The van der Waals surface area contributed by atoms with Crippen LogP contribution in [-0.2, 0) is 31.4 Å². The van der Waals surface area contributed by atoms with Gasteiger partial charge in [-0.15, -0.1) is 0 Å². The van der Waals surface area contributed by atoms with Crippen molar-refractivity contribution in [3.05, 3.63) is 53.8 Å². The Kier molecular flexibility index (Phi) is 7.98. The van der Waals surface area contributed by atoms with Crippen LogP contribution in [0, 0.1) is 11.7 Å². The second-order valence-corrected chi connectivity index (χ2v) is 12.8. The molecular weight excluding hydrogens is 509 g/mol. The van der Waals surface area contributed by atoms with Gasteiger partial charge in [0.05, 0.1) is 17.9 Å². The van der Waals surface area contributed by atoms with Crippen LogP contribution in [0.15, 0.2) is 52.3 Å². The molecule has 2 aliphatic rings. The molecule has 2 aliphatic heterocycles. The summed E-state index contributed by atoms with van der Waals surface area (Å²) in [5, 5.41) is 2.82. The van der Waals surface area contributed by atoms with Crippen LogP contribution < -0.4 is 10.1 Å². The van der Waals surface area contributed by atoms with Crippen molar-refractivity contribution in [1.82, 2.24) is 13.9 Å². The molecule has 1 N–H and O–H groups in total. The maximum atomic E-state index is 13.8. The predicted molar refractivity (Wildman–Crippen MR) is 131 cm³/mol. The Hall–Kier alpha value is -2.54. The molecule has 4 rings (SSSR count). The van der Waals surface area contributed by atoms with E-state index in [1.165, 1.54) is 33.9 Å². The van der Waals surface area contributed by atoms with E-state index < -0.39 is 31.8 Å². The van der Waals surface area contributed by atoms with Crippen LogP contribution in [0.4, 0.5) is 4.39 Å². The standard InChI is InChI=1S/C24H30FN3O6S2/c1-34-22-11-8-20(25)15-23(22)36(32,33)28-14-4-5-19(17-28)24(29)26-16-18-6-9-21(10-7-18)35(30,31)27-12-2-3-13-27/h6-11,15,19H,2-5,12-14,16-17H2,1H3,(H,26,29)/t19-/m1/s1. The molecule has 0 spiro atoms. The maximum Gasteiger partial charge on any atom is 0.246 e. The summed E-state index contributed by atoms with van der Waals surface area (Å²) in [5.74, 6) is -1.52. The first kappa shape index (κ1) is 26.5. The van der Waals surface area contributed by atoms with Gasteiger partial charge in [0.25, 0.3) is 0 Å². The van der Waals surface area contributed by atoms with E-state index in [0.717, 1.165) is 30.5 Å². The van der Waals surface area contributed by atoms with E-state index >= 15 is 0 Å². The van der Waals surface area contributed by atoms with Crippen LogP contribution in [0.1, 0.15) is 31.2 Å². The van der Waals surface area contributed by atoms with E-state index in [0.29, 0.717) is 25.9 Å². The van der Waals surface area contributed by atoms with E-state index in [2.05, 4.69) is 5.32 Å². The second kappa shape index (κ2) is 10.8. The molecule has 2 fully saturated rings. The number of halogens is 1. The first-order valence-electron chi connectivity index (χ1n) is 11.8. The summed E-state index contributed by atoms with van der Waals surface area (Å²) in [7, 11) is -6.25. The first-order chi connectivity index (χ1) is 17.1. The number of carbonyl (C=O) groups excluding carboxylic acids is 1. The lowest BCUT2D eigenvalue weighted by atomic mass is 9.99. The smallest absolute Gasteiger partial charge is 0.246 e. The normalized spacial score (nSPS) is 19.8. The maximum absolute atomic E-state index is 13.8. The number of amides is 1. The lowest BCUT2D eigenvalue weighted by molar-refractivity contribution is -0.126. The molecule has 2 aromatic carbocycles. The molecule has 2 aromatic rings. The van der Waals surface area contributed by atoms with Crippen LogP contribution in [0.5, 0.6) is 5.75 Å². The van der Waals surface area contributed by atoms with Gasteiger partial charge in [0.2, 0.25) is 26.0 Å². The Balaban J connectivity index is 1.38. The van der Waals surface area contributed by atoms with Crippen molar-refractivity contribution in [3.63, 3.8) is 0 Å². The van der Waals surface area contributed by atoms with E-state index in [1.807, 2.05) is 0 Å². The highest BCUT2D eigenvalue weighted by Crippen LogP contribution is 2.30. The Bertz CT molecular complexity index is 1310. The molecule has 9 nitrogen and oxygen atoms in total. The van der Waals surface area contributed by atoms with E-state index in [9.17, 15) is 26.0 Å². The third-order valence-electron chi connectivity index (χ3n) is 6.59. The molecule has 0 radical (unpaired) electrons. The number of piperidine rings is 1. The summed E-state index contributed by atoms with van der Waals surface area (Å²) < 4.78 is 73.2. The molecule has 0 saturated carbocycles. The SMILES string of the molecule is COc1ccc(F)cc1S(=O)(=O)N1CCC[C@@H](C(=O)NCc2ccc(S(=O)(=O)N3CCCC3)cc2)C1. The third kappa shape index (κ3) is 5.56. The number of nitrogens with zero attached hydrogens (tertiary/aromatic N) is 2. The molecule has 1 amide bonds. The molecule has 12 heteroatoms. The minimum atomic E-state index is -4.06. The molecule has 36 heavy (non-hydrogen) atoms. The minimum Gasteiger partial charge on any atom is -0.495 e. The fourth-order valence-electron chi connectivity index (χ4n) is 4.56. The number of nitrogens with one attached hydrogen (secondary N) is 1. The summed E-state index contributed by atoms with van der Waals surface area (Å²) in [6, 6.07) is 9.71. The highest BCUT2D eigenvalue weighted by atomic mass is 32.2. The van der Waals surface area contributed by atoms with Gasteiger partial charge in [-0.3, -0.25) is 4.79 Å². The molecule has 0 aromatic heterocycles. The molecule has 196 valence electrons. The Labute approximate surface area is 211 Å². The van der Waals surface area contributed by atoms with Gasteiger partial charge in [-0.05, 0) is 61.6 Å². The molecular formula is C24H30FN3O6S2. The molecule has 0 aliphatic carbocycles. The van der Waals surface area contributed by atoms with Crippen molar-refractivity contribution in [2.24, 2.45) is 5.92 Å². The van der Waals surface area contributed by atoms with Gasteiger partial charge in [-0.1, -0.05) is 12.1 Å². The van der Waals surface area contributed by atoms with E-state index in [1.54, 1.807) is 12.1 Å². The van der Waals surface area contributed by atoms with Crippen molar-refractivity contribution < 1.29 is 30.8 Å². The molecule has 1 atom stereocenters. The Morgan fingerprint density at radius 1 is 0.972 bits per heavy atom. The highest BCUT2D eigenvalue weighted by molar-refractivity contribution is 7.89. The summed E-state index contributed by atoms with van der Waals surface area (Å²) >= 11 is 0.